The molecule has 0 atom stereocenters. The highest BCUT2D eigenvalue weighted by Crippen LogP contribution is 2.27. The maximum Gasteiger partial charge on any atom is 0.280 e. The predicted molar refractivity (Wildman–Crippen MR) is 118 cm³/mol. The van der Waals surface area contributed by atoms with Crippen molar-refractivity contribution >= 4 is 45.0 Å². The van der Waals surface area contributed by atoms with Gasteiger partial charge in [-0.1, -0.05) is 35.4 Å². The molecule has 0 aliphatic carbocycles. The quantitative estimate of drug-likeness (QED) is 0.562. The molecule has 2 heterocycles. The monoisotopic (exact) mass is 439 g/mol. The normalized spacial score (nSPS) is 15.7. The molecule has 0 radical (unpaired) electrons. The Morgan fingerprint density at radius 3 is 2.43 bits per heavy atom. The Hall–Kier alpha value is -3.16. The van der Waals surface area contributed by atoms with Crippen LogP contribution in [-0.2, 0) is 14.8 Å². The van der Waals surface area contributed by atoms with E-state index < -0.39 is 10.0 Å². The van der Waals surface area contributed by atoms with Crippen LogP contribution >= 0.6 is 11.6 Å². The van der Waals surface area contributed by atoms with Gasteiger partial charge in [0.05, 0.1) is 27.6 Å². The highest BCUT2D eigenvalue weighted by atomic mass is 35.5. The summed E-state index contributed by atoms with van der Waals surface area (Å²) in [6.45, 7) is 3.59. The van der Waals surface area contributed by atoms with Gasteiger partial charge in [0.2, 0.25) is 0 Å². The van der Waals surface area contributed by atoms with Crippen LogP contribution in [0.5, 0.6) is 0 Å². The van der Waals surface area contributed by atoms with Crippen molar-refractivity contribution in [2.24, 2.45) is 5.10 Å². The summed E-state index contributed by atoms with van der Waals surface area (Å²) in [5.74, 6) is -0.352. The predicted octanol–water partition coefficient (Wildman–Crippen LogP) is 4.49. The molecule has 8 heteroatoms. The molecule has 0 bridgehead atoms. The zero-order chi connectivity index (χ0) is 21.5. The minimum atomic E-state index is -3.80. The van der Waals surface area contributed by atoms with Crippen molar-refractivity contribution in [3.63, 3.8) is 0 Å². The summed E-state index contributed by atoms with van der Waals surface area (Å²) in [5, 5.41) is 6.07. The molecular formula is C22H18ClN3O3S. The number of aromatic nitrogens is 1. The number of carbonyl (C=O) groups is 1. The third-order valence-electron chi connectivity index (χ3n) is 4.73. The van der Waals surface area contributed by atoms with E-state index in [1.165, 1.54) is 17.3 Å². The van der Waals surface area contributed by atoms with Gasteiger partial charge in [-0.2, -0.15) is 10.1 Å². The first-order valence-electron chi connectivity index (χ1n) is 9.14. The second-order valence-electron chi connectivity index (χ2n) is 6.89. The molecule has 0 N–H and O–H groups in total. The fourth-order valence-corrected chi connectivity index (χ4v) is 4.66. The number of hydrogen-bond donors (Lipinski definition) is 0. The van der Waals surface area contributed by atoms with E-state index in [9.17, 15) is 13.2 Å². The van der Waals surface area contributed by atoms with Crippen LogP contribution in [0.1, 0.15) is 18.2 Å². The molecule has 1 aliphatic heterocycles. The lowest BCUT2D eigenvalue weighted by Crippen LogP contribution is -2.21. The van der Waals surface area contributed by atoms with Gasteiger partial charge in [-0.15, -0.1) is 0 Å². The Kier molecular flexibility index (Phi) is 5.09. The van der Waals surface area contributed by atoms with Gasteiger partial charge in [0.15, 0.2) is 0 Å². The fourth-order valence-electron chi connectivity index (χ4n) is 3.15. The Morgan fingerprint density at radius 1 is 1.00 bits per heavy atom. The van der Waals surface area contributed by atoms with Crippen molar-refractivity contribution < 1.29 is 13.2 Å². The van der Waals surface area contributed by atoms with E-state index in [4.69, 9.17) is 11.6 Å². The van der Waals surface area contributed by atoms with Gasteiger partial charge in [0.1, 0.15) is 0 Å². The lowest BCUT2D eigenvalue weighted by Gasteiger charge is -2.12. The van der Waals surface area contributed by atoms with E-state index in [2.05, 4.69) is 5.10 Å². The van der Waals surface area contributed by atoms with Gasteiger partial charge >= 0.3 is 0 Å². The molecule has 0 unspecified atom stereocenters. The molecule has 2 aromatic carbocycles. The van der Waals surface area contributed by atoms with Gasteiger partial charge < -0.3 is 0 Å². The summed E-state index contributed by atoms with van der Waals surface area (Å²) in [6, 6.07) is 16.7. The SMILES string of the molecule is CC1=NN(c2cccc(Cl)c2)C(=O)/C1=C\c1cccn1S(=O)(=O)c1ccc(C)cc1. The summed E-state index contributed by atoms with van der Waals surface area (Å²) in [4.78, 5) is 13.1. The van der Waals surface area contributed by atoms with Crippen LogP contribution in [0, 0.1) is 6.92 Å². The summed E-state index contributed by atoms with van der Waals surface area (Å²) >= 11 is 6.03. The molecule has 0 saturated carbocycles. The molecule has 4 rings (SSSR count). The molecule has 30 heavy (non-hydrogen) atoms. The number of carbonyl (C=O) groups excluding carboxylic acids is 1. The largest absolute Gasteiger partial charge is 0.280 e. The minimum Gasteiger partial charge on any atom is -0.267 e. The summed E-state index contributed by atoms with van der Waals surface area (Å²) in [7, 11) is -3.80. The zero-order valence-corrected chi connectivity index (χ0v) is 17.9. The van der Waals surface area contributed by atoms with Crippen molar-refractivity contribution in [2.75, 3.05) is 5.01 Å². The third-order valence-corrected chi connectivity index (χ3v) is 6.68. The first-order valence-corrected chi connectivity index (χ1v) is 11.0. The minimum absolute atomic E-state index is 0.174. The summed E-state index contributed by atoms with van der Waals surface area (Å²) < 4.78 is 27.3. The fraction of sp³-hybridized carbons (Fsp3) is 0.0909. The lowest BCUT2D eigenvalue weighted by molar-refractivity contribution is -0.114. The van der Waals surface area contributed by atoms with Crippen LogP contribution in [0.3, 0.4) is 0 Å². The van der Waals surface area contributed by atoms with Crippen molar-refractivity contribution in [1.82, 2.24) is 3.97 Å². The van der Waals surface area contributed by atoms with Crippen LogP contribution < -0.4 is 5.01 Å². The van der Waals surface area contributed by atoms with Crippen molar-refractivity contribution in [2.45, 2.75) is 18.7 Å². The topological polar surface area (TPSA) is 71.7 Å². The van der Waals surface area contributed by atoms with E-state index in [-0.39, 0.29) is 10.8 Å². The van der Waals surface area contributed by atoms with Gasteiger partial charge in [-0.25, -0.2) is 12.4 Å². The van der Waals surface area contributed by atoms with E-state index in [0.717, 1.165) is 9.54 Å². The number of hydrogen-bond acceptors (Lipinski definition) is 4. The molecule has 152 valence electrons. The van der Waals surface area contributed by atoms with Crippen molar-refractivity contribution in [1.29, 1.82) is 0 Å². The molecule has 0 fully saturated rings. The first kappa shape index (κ1) is 20.1. The Labute approximate surface area is 179 Å². The number of nitrogens with zero attached hydrogens (tertiary/aromatic N) is 3. The average molecular weight is 440 g/mol. The van der Waals surface area contributed by atoms with Crippen LogP contribution in [0.25, 0.3) is 6.08 Å². The van der Waals surface area contributed by atoms with Crippen LogP contribution in [0.15, 0.2) is 82.4 Å². The lowest BCUT2D eigenvalue weighted by atomic mass is 10.1. The standard InChI is InChI=1S/C22H18ClN3O3S/c1-15-8-10-20(11-9-15)30(28,29)25-12-4-7-18(25)14-21-16(2)24-26(22(21)27)19-6-3-5-17(23)13-19/h3-14H,1-2H3/b21-14-. The zero-order valence-electron chi connectivity index (χ0n) is 16.3. The summed E-state index contributed by atoms with van der Waals surface area (Å²) in [6.07, 6.45) is 3.00. The van der Waals surface area contributed by atoms with E-state index in [0.29, 0.717) is 27.7 Å². The molecule has 0 spiro atoms. The number of halogens is 1. The van der Waals surface area contributed by atoms with Crippen molar-refractivity contribution in [3.05, 3.63) is 88.7 Å². The second kappa shape index (κ2) is 7.59. The second-order valence-corrected chi connectivity index (χ2v) is 9.14. The number of hydrazone groups is 1. The van der Waals surface area contributed by atoms with Crippen molar-refractivity contribution in [3.8, 4) is 0 Å². The molecule has 6 nitrogen and oxygen atoms in total. The number of anilines is 1. The Morgan fingerprint density at radius 2 is 1.73 bits per heavy atom. The summed E-state index contributed by atoms with van der Waals surface area (Å²) in [5.41, 5.74) is 2.67. The molecule has 3 aromatic rings. The first-order chi connectivity index (χ1) is 14.3. The maximum atomic E-state index is 13.1. The van der Waals surface area contributed by atoms with Gasteiger partial charge in [-0.3, -0.25) is 4.79 Å². The van der Waals surface area contributed by atoms with Crippen LogP contribution in [-0.4, -0.2) is 24.0 Å². The van der Waals surface area contributed by atoms with E-state index >= 15 is 0 Å². The van der Waals surface area contributed by atoms with Gasteiger partial charge in [-0.05, 0) is 62.4 Å². The number of aryl methyl sites for hydroxylation is 1. The maximum absolute atomic E-state index is 13.1. The van der Waals surface area contributed by atoms with Gasteiger partial charge in [0, 0.05) is 11.2 Å². The average Bonchev–Trinajstić information content (AvgIpc) is 3.29. The molecule has 0 saturated heterocycles. The smallest absolute Gasteiger partial charge is 0.267 e. The van der Waals surface area contributed by atoms with E-state index in [1.54, 1.807) is 67.6 Å². The third kappa shape index (κ3) is 3.58. The molecule has 1 amide bonds. The Bertz CT molecular complexity index is 1310. The highest BCUT2D eigenvalue weighted by Gasteiger charge is 2.29. The molecule has 1 aromatic heterocycles. The number of amides is 1. The van der Waals surface area contributed by atoms with E-state index in [1.807, 2.05) is 6.92 Å². The van der Waals surface area contributed by atoms with Gasteiger partial charge in [0.25, 0.3) is 15.9 Å². The Balaban J connectivity index is 1.72. The van der Waals surface area contributed by atoms with Crippen LogP contribution in [0.4, 0.5) is 5.69 Å². The highest BCUT2D eigenvalue weighted by molar-refractivity contribution is 7.90. The molecular weight excluding hydrogens is 422 g/mol. The number of rotatable bonds is 4. The molecule has 1 aliphatic rings. The van der Waals surface area contributed by atoms with Crippen LogP contribution in [0.2, 0.25) is 5.02 Å². The number of benzene rings is 2.